The molecule has 2 aromatic rings. The number of aromatic hydroxyl groups is 1. The van der Waals surface area contributed by atoms with Crippen molar-refractivity contribution in [3.8, 4) is 5.75 Å². The molecule has 5 heteroatoms. The van der Waals surface area contributed by atoms with Crippen LogP contribution in [-0.2, 0) is 0 Å². The van der Waals surface area contributed by atoms with E-state index in [4.69, 9.17) is 23.2 Å². The van der Waals surface area contributed by atoms with Crippen molar-refractivity contribution in [1.82, 2.24) is 0 Å². The van der Waals surface area contributed by atoms with Gasteiger partial charge in [-0.1, -0.05) is 35.4 Å². The van der Waals surface area contributed by atoms with Crippen LogP contribution in [0.2, 0.25) is 10.0 Å². The first-order valence-electron chi connectivity index (χ1n) is 5.28. The fourth-order valence-corrected chi connectivity index (χ4v) is 3.31. The van der Waals surface area contributed by atoms with Gasteiger partial charge in [0.1, 0.15) is 5.75 Å². The van der Waals surface area contributed by atoms with E-state index in [1.807, 2.05) is 36.4 Å². The molecule has 0 aliphatic carbocycles. The summed E-state index contributed by atoms with van der Waals surface area (Å²) in [6.07, 6.45) is 3.82. The summed E-state index contributed by atoms with van der Waals surface area (Å²) in [5.74, 6) is 0.183. The number of halogens is 4. The van der Waals surface area contributed by atoms with Gasteiger partial charge in [-0.25, -0.2) is 0 Å². The second kappa shape index (κ2) is 6.31. The third-order valence-electron chi connectivity index (χ3n) is 2.39. The smallest absolute Gasteiger partial charge is 0.143 e. The molecule has 0 amide bonds. The zero-order valence-corrected chi connectivity index (χ0v) is 14.2. The van der Waals surface area contributed by atoms with Gasteiger partial charge in [0.05, 0.1) is 8.95 Å². The molecular weight excluding hydrogens is 415 g/mol. The van der Waals surface area contributed by atoms with Crippen LogP contribution in [0.4, 0.5) is 0 Å². The highest BCUT2D eigenvalue weighted by Gasteiger charge is 2.04. The first-order chi connectivity index (χ1) is 8.95. The van der Waals surface area contributed by atoms with Crippen LogP contribution in [0.3, 0.4) is 0 Å². The molecule has 0 bridgehead atoms. The minimum Gasteiger partial charge on any atom is -0.506 e. The second-order valence-corrected chi connectivity index (χ2v) is 6.45. The Hall–Kier alpha value is -0.480. The fourth-order valence-electron chi connectivity index (χ4n) is 1.55. The van der Waals surface area contributed by atoms with E-state index in [0.29, 0.717) is 19.0 Å². The Morgan fingerprint density at radius 3 is 1.68 bits per heavy atom. The van der Waals surface area contributed by atoms with Crippen molar-refractivity contribution in [3.63, 3.8) is 0 Å². The Morgan fingerprint density at radius 2 is 1.21 bits per heavy atom. The average molecular weight is 423 g/mol. The van der Waals surface area contributed by atoms with E-state index in [1.54, 1.807) is 6.07 Å². The molecular formula is C14H8Br2Cl2O. The molecule has 0 saturated heterocycles. The summed E-state index contributed by atoms with van der Waals surface area (Å²) in [4.78, 5) is 0. The Bertz CT molecular complexity index is 611. The third-order valence-corrected chi connectivity index (χ3v) is 4.04. The standard InChI is InChI=1S/C14H8Br2Cl2O/c15-12-5-9(6-13(16)14(12)19)2-1-8-3-10(17)7-11(18)4-8/h1-7,19H/b2-1+. The van der Waals surface area contributed by atoms with Gasteiger partial charge in [-0.2, -0.15) is 0 Å². The number of benzene rings is 2. The van der Waals surface area contributed by atoms with Gasteiger partial charge in [-0.3, -0.25) is 0 Å². The van der Waals surface area contributed by atoms with E-state index in [2.05, 4.69) is 31.9 Å². The van der Waals surface area contributed by atoms with E-state index in [9.17, 15) is 5.11 Å². The summed E-state index contributed by atoms with van der Waals surface area (Å²) in [6.45, 7) is 0. The van der Waals surface area contributed by atoms with Crippen LogP contribution in [-0.4, -0.2) is 5.11 Å². The van der Waals surface area contributed by atoms with E-state index in [0.717, 1.165) is 11.1 Å². The van der Waals surface area contributed by atoms with Gasteiger partial charge in [-0.05, 0) is 73.3 Å². The molecule has 0 fully saturated rings. The van der Waals surface area contributed by atoms with Crippen molar-refractivity contribution < 1.29 is 5.11 Å². The molecule has 0 heterocycles. The minimum absolute atomic E-state index is 0.183. The lowest BCUT2D eigenvalue weighted by molar-refractivity contribution is 0.468. The van der Waals surface area contributed by atoms with E-state index >= 15 is 0 Å². The Labute approximate surface area is 138 Å². The maximum absolute atomic E-state index is 9.64. The molecule has 2 aromatic carbocycles. The van der Waals surface area contributed by atoms with Crippen molar-refractivity contribution >= 4 is 67.2 Å². The predicted octanol–water partition coefficient (Wildman–Crippen LogP) is 6.39. The Kier molecular flexibility index (Phi) is 4.96. The van der Waals surface area contributed by atoms with Crippen molar-refractivity contribution in [2.75, 3.05) is 0 Å². The molecule has 1 N–H and O–H groups in total. The van der Waals surface area contributed by atoms with Gasteiger partial charge in [0.2, 0.25) is 0 Å². The molecule has 0 aliphatic rings. The largest absolute Gasteiger partial charge is 0.506 e. The molecule has 0 spiro atoms. The van der Waals surface area contributed by atoms with Gasteiger partial charge in [0, 0.05) is 10.0 Å². The summed E-state index contributed by atoms with van der Waals surface area (Å²) in [5, 5.41) is 10.8. The Balaban J connectivity index is 2.32. The molecule has 98 valence electrons. The molecule has 0 radical (unpaired) electrons. The maximum Gasteiger partial charge on any atom is 0.143 e. The lowest BCUT2D eigenvalue weighted by atomic mass is 10.1. The highest BCUT2D eigenvalue weighted by Crippen LogP contribution is 2.34. The van der Waals surface area contributed by atoms with Crippen molar-refractivity contribution in [1.29, 1.82) is 0 Å². The summed E-state index contributed by atoms with van der Waals surface area (Å²) < 4.78 is 1.26. The Morgan fingerprint density at radius 1 is 0.789 bits per heavy atom. The molecule has 0 unspecified atom stereocenters. The first kappa shape index (κ1) is 14.9. The van der Waals surface area contributed by atoms with E-state index in [-0.39, 0.29) is 5.75 Å². The van der Waals surface area contributed by atoms with Crippen LogP contribution in [0.15, 0.2) is 39.3 Å². The fraction of sp³-hybridized carbons (Fsp3) is 0. The highest BCUT2D eigenvalue weighted by molar-refractivity contribution is 9.11. The summed E-state index contributed by atoms with van der Waals surface area (Å²) in [6, 6.07) is 8.99. The van der Waals surface area contributed by atoms with Gasteiger partial charge in [-0.15, -0.1) is 0 Å². The van der Waals surface area contributed by atoms with Crippen LogP contribution < -0.4 is 0 Å². The number of rotatable bonds is 2. The van der Waals surface area contributed by atoms with Crippen LogP contribution in [0.1, 0.15) is 11.1 Å². The predicted molar refractivity (Wildman–Crippen MR) is 88.9 cm³/mol. The second-order valence-electron chi connectivity index (χ2n) is 3.87. The van der Waals surface area contributed by atoms with Crippen LogP contribution in [0.5, 0.6) is 5.75 Å². The van der Waals surface area contributed by atoms with Crippen molar-refractivity contribution in [2.45, 2.75) is 0 Å². The van der Waals surface area contributed by atoms with Crippen LogP contribution in [0, 0.1) is 0 Å². The molecule has 0 aromatic heterocycles. The van der Waals surface area contributed by atoms with Gasteiger partial charge in [0.15, 0.2) is 0 Å². The van der Waals surface area contributed by atoms with Crippen LogP contribution in [0.25, 0.3) is 12.2 Å². The number of phenols is 1. The SMILES string of the molecule is Oc1c(Br)cc(/C=C/c2cc(Cl)cc(Cl)c2)cc1Br. The quantitative estimate of drug-likeness (QED) is 0.555. The number of hydrogen-bond acceptors (Lipinski definition) is 1. The topological polar surface area (TPSA) is 20.2 Å². The molecule has 0 aliphatic heterocycles. The molecule has 19 heavy (non-hydrogen) atoms. The van der Waals surface area contributed by atoms with E-state index < -0.39 is 0 Å². The molecule has 0 saturated carbocycles. The minimum atomic E-state index is 0.183. The van der Waals surface area contributed by atoms with Crippen LogP contribution >= 0.6 is 55.1 Å². The molecule has 2 rings (SSSR count). The zero-order valence-electron chi connectivity index (χ0n) is 9.50. The normalized spacial score (nSPS) is 11.2. The monoisotopic (exact) mass is 420 g/mol. The maximum atomic E-state index is 9.64. The van der Waals surface area contributed by atoms with Crippen molar-refractivity contribution in [3.05, 3.63) is 60.4 Å². The van der Waals surface area contributed by atoms with Crippen molar-refractivity contribution in [2.24, 2.45) is 0 Å². The van der Waals surface area contributed by atoms with Gasteiger partial charge >= 0.3 is 0 Å². The lowest BCUT2D eigenvalue weighted by Crippen LogP contribution is -1.78. The average Bonchev–Trinajstić information content (AvgIpc) is 2.32. The summed E-state index contributed by atoms with van der Waals surface area (Å²) in [7, 11) is 0. The lowest BCUT2D eigenvalue weighted by Gasteiger charge is -2.02. The molecule has 1 nitrogen and oxygen atoms in total. The summed E-state index contributed by atoms with van der Waals surface area (Å²) >= 11 is 18.5. The van der Waals surface area contributed by atoms with E-state index in [1.165, 1.54) is 0 Å². The molecule has 0 atom stereocenters. The third kappa shape index (κ3) is 3.99. The summed E-state index contributed by atoms with van der Waals surface area (Å²) in [5.41, 5.74) is 1.85. The highest BCUT2D eigenvalue weighted by atomic mass is 79.9. The zero-order chi connectivity index (χ0) is 14.0. The van der Waals surface area contributed by atoms with Gasteiger partial charge in [0.25, 0.3) is 0 Å². The number of phenolic OH excluding ortho intramolecular Hbond substituents is 1. The van der Waals surface area contributed by atoms with Gasteiger partial charge < -0.3 is 5.11 Å². The number of hydrogen-bond donors (Lipinski definition) is 1. The first-order valence-corrected chi connectivity index (χ1v) is 7.62.